The summed E-state index contributed by atoms with van der Waals surface area (Å²) in [7, 11) is 0. The predicted octanol–water partition coefficient (Wildman–Crippen LogP) is 3.91. The molecule has 1 fully saturated rings. The highest BCUT2D eigenvalue weighted by molar-refractivity contribution is 6.01. The summed E-state index contributed by atoms with van der Waals surface area (Å²) in [6.07, 6.45) is 3.58. The van der Waals surface area contributed by atoms with Crippen molar-refractivity contribution in [2.24, 2.45) is 17.3 Å². The van der Waals surface area contributed by atoms with Gasteiger partial charge in [0.15, 0.2) is 5.41 Å². The number of hydrogen-bond donors (Lipinski definition) is 1. The molecule has 0 bridgehead atoms. The summed E-state index contributed by atoms with van der Waals surface area (Å²) in [6.45, 7) is -2.95. The number of hydrogen-bond acceptors (Lipinski definition) is 5. The van der Waals surface area contributed by atoms with Crippen LogP contribution in [0.25, 0.3) is 0 Å². The molecule has 0 amide bonds. The smallest absolute Gasteiger partial charge is 0.387 e. The lowest BCUT2D eigenvalue weighted by Crippen LogP contribution is -2.42. The molecule has 0 aromatic heterocycles. The minimum Gasteiger partial charge on any atom is -0.435 e. The van der Waals surface area contributed by atoms with Crippen LogP contribution in [0.1, 0.15) is 24.3 Å². The Morgan fingerprint density at radius 2 is 1.73 bits per heavy atom. The SMILES string of the molecule is N#CC1C(=N)C(C#N)(C#N)C(c2ccc(OC(F)F)cc2)C=C1C1CC1. The van der Waals surface area contributed by atoms with Gasteiger partial charge in [-0.15, -0.1) is 0 Å². The first-order chi connectivity index (χ1) is 12.5. The normalized spacial score (nSPS) is 24.2. The maximum atomic E-state index is 12.3. The van der Waals surface area contributed by atoms with E-state index in [9.17, 15) is 24.6 Å². The van der Waals surface area contributed by atoms with Gasteiger partial charge < -0.3 is 10.1 Å². The molecule has 130 valence electrons. The first kappa shape index (κ1) is 17.6. The molecule has 7 heteroatoms. The largest absolute Gasteiger partial charge is 0.435 e. The van der Waals surface area contributed by atoms with Crippen LogP contribution in [0, 0.1) is 56.7 Å². The van der Waals surface area contributed by atoms with Crippen molar-refractivity contribution < 1.29 is 13.5 Å². The van der Waals surface area contributed by atoms with Gasteiger partial charge in [-0.3, -0.25) is 0 Å². The summed E-state index contributed by atoms with van der Waals surface area (Å²) in [4.78, 5) is 0. The lowest BCUT2D eigenvalue weighted by atomic mass is 9.61. The van der Waals surface area contributed by atoms with Crippen molar-refractivity contribution >= 4 is 5.71 Å². The molecule has 0 radical (unpaired) electrons. The lowest BCUT2D eigenvalue weighted by molar-refractivity contribution is -0.0498. The first-order valence-electron chi connectivity index (χ1n) is 8.04. The van der Waals surface area contributed by atoms with Crippen molar-refractivity contribution in [2.45, 2.75) is 25.4 Å². The topological polar surface area (TPSA) is 104 Å². The molecular weight excluding hydrogens is 338 g/mol. The molecule has 1 aromatic rings. The van der Waals surface area contributed by atoms with Crippen LogP contribution in [0.3, 0.4) is 0 Å². The highest BCUT2D eigenvalue weighted by Gasteiger charge is 2.52. The molecule has 1 aromatic carbocycles. The second-order valence-electron chi connectivity index (χ2n) is 6.37. The van der Waals surface area contributed by atoms with Crippen LogP contribution in [0.4, 0.5) is 8.78 Å². The van der Waals surface area contributed by atoms with Gasteiger partial charge in [-0.25, -0.2) is 0 Å². The number of nitrogens with one attached hydrogen (secondary N) is 1. The van der Waals surface area contributed by atoms with E-state index in [-0.39, 0.29) is 17.4 Å². The lowest BCUT2D eigenvalue weighted by Gasteiger charge is -2.36. The molecule has 1 saturated carbocycles. The van der Waals surface area contributed by atoms with Gasteiger partial charge in [0, 0.05) is 5.92 Å². The maximum absolute atomic E-state index is 12.3. The summed E-state index contributed by atoms with van der Waals surface area (Å²) in [5.74, 6) is -1.46. The third kappa shape index (κ3) is 2.80. The number of ether oxygens (including phenoxy) is 1. The van der Waals surface area contributed by atoms with Gasteiger partial charge in [-0.2, -0.15) is 24.6 Å². The Balaban J connectivity index is 2.08. The summed E-state index contributed by atoms with van der Waals surface area (Å²) in [5, 5.41) is 37.2. The zero-order valence-corrected chi connectivity index (χ0v) is 13.6. The van der Waals surface area contributed by atoms with E-state index in [1.807, 2.05) is 12.1 Å². The van der Waals surface area contributed by atoms with Crippen LogP contribution in [0.5, 0.6) is 5.75 Å². The van der Waals surface area contributed by atoms with Gasteiger partial charge in [0.1, 0.15) is 11.7 Å². The molecule has 26 heavy (non-hydrogen) atoms. The van der Waals surface area contributed by atoms with Crippen molar-refractivity contribution in [2.75, 3.05) is 0 Å². The minimum atomic E-state index is -2.95. The number of benzene rings is 1. The van der Waals surface area contributed by atoms with Gasteiger partial charge in [-0.1, -0.05) is 18.2 Å². The Bertz CT molecular complexity index is 868. The molecule has 2 unspecified atom stereocenters. The Labute approximate surface area is 149 Å². The average Bonchev–Trinajstić information content (AvgIpc) is 3.46. The van der Waals surface area contributed by atoms with Gasteiger partial charge in [0.25, 0.3) is 0 Å². The van der Waals surface area contributed by atoms with Gasteiger partial charge in [0.2, 0.25) is 0 Å². The molecule has 2 aliphatic carbocycles. The maximum Gasteiger partial charge on any atom is 0.387 e. The van der Waals surface area contributed by atoms with Gasteiger partial charge in [0.05, 0.1) is 23.9 Å². The van der Waals surface area contributed by atoms with Crippen molar-refractivity contribution in [1.82, 2.24) is 0 Å². The van der Waals surface area contributed by atoms with Crippen LogP contribution in [-0.2, 0) is 0 Å². The third-order valence-electron chi connectivity index (χ3n) is 4.87. The molecule has 0 heterocycles. The molecule has 0 spiro atoms. The standard InChI is InChI=1S/C19H14F2N4O/c20-18(21)26-13-5-3-12(4-6-13)16-7-14(11-1-2-11)15(8-22)17(25)19(16,9-23)10-24/h3-7,11,15-16,18,25H,1-2H2. The zero-order valence-electron chi connectivity index (χ0n) is 13.6. The molecule has 2 aliphatic rings. The number of nitrogens with zero attached hydrogens (tertiary/aromatic N) is 3. The van der Waals surface area contributed by atoms with E-state index in [2.05, 4.69) is 10.8 Å². The number of alkyl halides is 2. The molecular formula is C19H14F2N4O. The quantitative estimate of drug-likeness (QED) is 0.829. The van der Waals surface area contributed by atoms with E-state index in [4.69, 9.17) is 5.41 Å². The van der Waals surface area contributed by atoms with Gasteiger partial charge in [-0.05, 0) is 42.0 Å². The Hall–Kier alpha value is -3.24. The Kier molecular flexibility index (Phi) is 4.45. The second-order valence-corrected chi connectivity index (χ2v) is 6.37. The van der Waals surface area contributed by atoms with Crippen molar-refractivity contribution in [1.29, 1.82) is 21.2 Å². The van der Waals surface area contributed by atoms with Crippen molar-refractivity contribution in [3.63, 3.8) is 0 Å². The van der Waals surface area contributed by atoms with Crippen LogP contribution in [0.15, 0.2) is 35.9 Å². The monoisotopic (exact) mass is 352 g/mol. The molecule has 0 saturated heterocycles. The molecule has 5 nitrogen and oxygen atoms in total. The Morgan fingerprint density at radius 1 is 1.12 bits per heavy atom. The fourth-order valence-electron chi connectivity index (χ4n) is 3.39. The summed E-state index contributed by atoms with van der Waals surface area (Å²) in [5.41, 5.74) is -0.706. The summed E-state index contributed by atoms with van der Waals surface area (Å²) in [6, 6.07) is 11.6. The van der Waals surface area contributed by atoms with E-state index in [1.165, 1.54) is 24.3 Å². The number of allylic oxidation sites excluding steroid dienone is 2. The van der Waals surface area contributed by atoms with E-state index in [1.54, 1.807) is 6.08 Å². The number of rotatable bonds is 4. The Morgan fingerprint density at radius 3 is 2.19 bits per heavy atom. The van der Waals surface area contributed by atoms with Crippen LogP contribution >= 0.6 is 0 Å². The third-order valence-corrected chi connectivity index (χ3v) is 4.87. The fraction of sp³-hybridized carbons (Fsp3) is 0.368. The molecule has 1 N–H and O–H groups in total. The molecule has 3 rings (SSSR count). The number of halogens is 2. The molecule has 0 aliphatic heterocycles. The number of nitriles is 3. The highest BCUT2D eigenvalue weighted by Crippen LogP contribution is 2.51. The van der Waals surface area contributed by atoms with Crippen molar-refractivity contribution in [3.8, 4) is 24.0 Å². The first-order valence-corrected chi connectivity index (χ1v) is 8.04. The van der Waals surface area contributed by atoms with Gasteiger partial charge >= 0.3 is 6.61 Å². The van der Waals surface area contributed by atoms with Crippen LogP contribution in [-0.4, -0.2) is 12.3 Å². The van der Waals surface area contributed by atoms with Crippen LogP contribution < -0.4 is 4.74 Å². The fourth-order valence-corrected chi connectivity index (χ4v) is 3.39. The molecule has 2 atom stereocenters. The average molecular weight is 352 g/mol. The summed E-state index contributed by atoms with van der Waals surface area (Å²) < 4.78 is 28.9. The van der Waals surface area contributed by atoms with E-state index < -0.39 is 23.9 Å². The van der Waals surface area contributed by atoms with Crippen molar-refractivity contribution in [3.05, 3.63) is 41.5 Å². The summed E-state index contributed by atoms with van der Waals surface area (Å²) >= 11 is 0. The highest BCUT2D eigenvalue weighted by atomic mass is 19.3. The van der Waals surface area contributed by atoms with E-state index in [0.717, 1.165) is 18.4 Å². The van der Waals surface area contributed by atoms with E-state index in [0.29, 0.717) is 5.56 Å². The van der Waals surface area contributed by atoms with Crippen LogP contribution in [0.2, 0.25) is 0 Å². The van der Waals surface area contributed by atoms with E-state index >= 15 is 0 Å². The minimum absolute atomic E-state index is 0.0320. The zero-order chi connectivity index (χ0) is 18.9. The predicted molar refractivity (Wildman–Crippen MR) is 87.1 cm³/mol. The second kappa shape index (κ2) is 6.58.